The molecule has 9 rings (SSSR count). The Hall–Kier alpha value is -5.64. The maximum absolute atomic E-state index is 2.42. The smallest absolute Gasteiger partial charge is 0.0640 e. The van der Waals surface area contributed by atoms with Crippen LogP contribution in [0, 0.1) is 0 Å². The van der Waals surface area contributed by atoms with Crippen molar-refractivity contribution in [1.82, 2.24) is 4.57 Å². The summed E-state index contributed by atoms with van der Waals surface area (Å²) in [7, 11) is 0. The molecule has 2 heterocycles. The van der Waals surface area contributed by atoms with Gasteiger partial charge in [0.15, 0.2) is 0 Å². The highest BCUT2D eigenvalue weighted by Gasteiger charge is 2.19. The van der Waals surface area contributed by atoms with Gasteiger partial charge in [0, 0.05) is 38.7 Å². The van der Waals surface area contributed by atoms with Crippen molar-refractivity contribution in [1.29, 1.82) is 0 Å². The van der Waals surface area contributed by atoms with Gasteiger partial charge in [0.2, 0.25) is 0 Å². The van der Waals surface area contributed by atoms with Gasteiger partial charge in [0.1, 0.15) is 0 Å². The van der Waals surface area contributed by atoms with Crippen LogP contribution in [-0.2, 0) is 0 Å². The normalized spacial score (nSPS) is 13.2. The number of thiophene rings is 1. The molecule has 0 radical (unpaired) electrons. The fourth-order valence-electron chi connectivity index (χ4n) is 6.99. The summed E-state index contributed by atoms with van der Waals surface area (Å²) in [6.45, 7) is 0. The summed E-state index contributed by atoms with van der Waals surface area (Å²) < 4.78 is 4.95. The van der Waals surface area contributed by atoms with Crippen LogP contribution in [0.3, 0.4) is 0 Å². The van der Waals surface area contributed by atoms with Gasteiger partial charge in [-0.2, -0.15) is 0 Å². The quantitative estimate of drug-likeness (QED) is 0.180. The van der Waals surface area contributed by atoms with Crippen molar-refractivity contribution in [2.24, 2.45) is 0 Å². The first-order valence-corrected chi connectivity index (χ1v) is 17.0. The lowest BCUT2D eigenvalue weighted by Crippen LogP contribution is -2.10. The van der Waals surface area contributed by atoms with Crippen molar-refractivity contribution in [3.05, 3.63) is 176 Å². The summed E-state index contributed by atoms with van der Waals surface area (Å²) in [6, 6.07) is 55.0. The number of hydrogen-bond donors (Lipinski definition) is 0. The van der Waals surface area contributed by atoms with Gasteiger partial charge in [0.25, 0.3) is 0 Å². The van der Waals surface area contributed by atoms with E-state index in [2.05, 4.69) is 179 Å². The zero-order chi connectivity index (χ0) is 31.2. The molecule has 47 heavy (non-hydrogen) atoms. The Morgan fingerprint density at radius 3 is 1.98 bits per heavy atom. The van der Waals surface area contributed by atoms with Gasteiger partial charge in [0.05, 0.1) is 15.9 Å². The summed E-state index contributed by atoms with van der Waals surface area (Å²) in [6.07, 6.45) is 8.83. The zero-order valence-corrected chi connectivity index (χ0v) is 26.7. The fraction of sp³-hybridized carbons (Fsp3) is 0.0455. The molecule has 0 fully saturated rings. The van der Waals surface area contributed by atoms with E-state index in [4.69, 9.17) is 0 Å². The first-order chi connectivity index (χ1) is 23.3. The summed E-state index contributed by atoms with van der Waals surface area (Å²) in [5.74, 6) is 0. The second kappa shape index (κ2) is 11.6. The van der Waals surface area contributed by atoms with Crippen molar-refractivity contribution in [3.8, 4) is 11.1 Å². The topological polar surface area (TPSA) is 8.17 Å². The van der Waals surface area contributed by atoms with Gasteiger partial charge in [-0.05, 0) is 95.1 Å². The first kappa shape index (κ1) is 27.7. The van der Waals surface area contributed by atoms with Crippen molar-refractivity contribution in [2.45, 2.75) is 12.8 Å². The molecular weight excluding hydrogens is 589 g/mol. The van der Waals surface area contributed by atoms with E-state index in [1.165, 1.54) is 64.7 Å². The van der Waals surface area contributed by atoms with Crippen LogP contribution in [0.25, 0.3) is 53.5 Å². The highest BCUT2D eigenvalue weighted by molar-refractivity contribution is 7.26. The van der Waals surface area contributed by atoms with E-state index in [9.17, 15) is 0 Å². The monoisotopic (exact) mass is 620 g/mol. The fourth-order valence-corrected chi connectivity index (χ4v) is 8.20. The predicted octanol–water partition coefficient (Wildman–Crippen LogP) is 12.9. The maximum Gasteiger partial charge on any atom is 0.0640 e. The van der Waals surface area contributed by atoms with Crippen molar-refractivity contribution < 1.29 is 0 Å². The number of anilines is 3. The lowest BCUT2D eigenvalue weighted by Gasteiger charge is -2.27. The standard InChI is InChI=1S/C44H32N2S/c1-2-9-31(10-3-1)32-19-25-37(26-20-32)46(42-15-8-13-40-39-12-5-7-16-43(39)47-44(40)42)38-27-21-34(22-28-38)33-17-23-36(24-18-33)45-30-29-35-11-4-6-14-41(35)45/h1-17,19-23,25-30H,18,24H2. The lowest BCUT2D eigenvalue weighted by molar-refractivity contribution is 0.975. The van der Waals surface area contributed by atoms with Gasteiger partial charge < -0.3 is 9.47 Å². The maximum atomic E-state index is 2.42. The van der Waals surface area contributed by atoms with Gasteiger partial charge in [-0.15, -0.1) is 11.3 Å². The zero-order valence-electron chi connectivity index (χ0n) is 25.9. The molecule has 0 spiro atoms. The summed E-state index contributed by atoms with van der Waals surface area (Å²) in [5.41, 5.74) is 11.2. The minimum atomic E-state index is 1.01. The van der Waals surface area contributed by atoms with E-state index in [-0.39, 0.29) is 0 Å². The Balaban J connectivity index is 1.10. The van der Waals surface area contributed by atoms with E-state index in [1.54, 1.807) is 0 Å². The molecule has 0 aliphatic heterocycles. The molecular formula is C44H32N2S. The number of para-hydroxylation sites is 1. The van der Waals surface area contributed by atoms with Crippen LogP contribution >= 0.6 is 11.3 Å². The minimum Gasteiger partial charge on any atom is -0.320 e. The van der Waals surface area contributed by atoms with E-state index in [0.717, 1.165) is 24.2 Å². The Morgan fingerprint density at radius 2 is 1.19 bits per heavy atom. The van der Waals surface area contributed by atoms with E-state index in [1.807, 2.05) is 11.3 Å². The van der Waals surface area contributed by atoms with Crippen molar-refractivity contribution in [2.75, 3.05) is 4.90 Å². The molecule has 0 N–H and O–H groups in total. The number of rotatable bonds is 6. The molecule has 2 aromatic heterocycles. The van der Waals surface area contributed by atoms with Crippen molar-refractivity contribution >= 4 is 70.7 Å². The van der Waals surface area contributed by atoms with Crippen LogP contribution in [0.2, 0.25) is 0 Å². The van der Waals surface area contributed by atoms with Gasteiger partial charge in [-0.1, -0.05) is 109 Å². The average Bonchev–Trinajstić information content (AvgIpc) is 3.75. The first-order valence-electron chi connectivity index (χ1n) is 16.2. The number of allylic oxidation sites excluding steroid dienone is 4. The van der Waals surface area contributed by atoms with E-state index >= 15 is 0 Å². The molecule has 0 saturated heterocycles. The lowest BCUT2D eigenvalue weighted by atomic mass is 9.95. The van der Waals surface area contributed by atoms with Crippen LogP contribution in [-0.4, -0.2) is 4.57 Å². The minimum absolute atomic E-state index is 1.01. The van der Waals surface area contributed by atoms with E-state index < -0.39 is 0 Å². The summed E-state index contributed by atoms with van der Waals surface area (Å²) in [5, 5.41) is 3.90. The molecule has 6 aromatic carbocycles. The Bertz CT molecular complexity index is 2440. The van der Waals surface area contributed by atoms with Crippen LogP contribution < -0.4 is 4.90 Å². The summed E-state index contributed by atoms with van der Waals surface area (Å²) in [4.78, 5) is 2.42. The number of aromatic nitrogens is 1. The van der Waals surface area contributed by atoms with Crippen LogP contribution in [0.1, 0.15) is 18.4 Å². The molecule has 2 nitrogen and oxygen atoms in total. The van der Waals surface area contributed by atoms with Gasteiger partial charge in [-0.3, -0.25) is 0 Å². The molecule has 1 aliphatic rings. The number of hydrogen-bond acceptors (Lipinski definition) is 2. The third-order valence-corrected chi connectivity index (χ3v) is 10.6. The molecule has 0 amide bonds. The van der Waals surface area contributed by atoms with Gasteiger partial charge >= 0.3 is 0 Å². The Morgan fingerprint density at radius 1 is 0.511 bits per heavy atom. The molecule has 224 valence electrons. The number of benzene rings is 6. The predicted molar refractivity (Wildman–Crippen MR) is 203 cm³/mol. The van der Waals surface area contributed by atoms with Crippen LogP contribution in [0.15, 0.2) is 170 Å². The Labute approximate surface area is 278 Å². The third-order valence-electron chi connectivity index (χ3n) is 9.39. The molecule has 3 heteroatoms. The Kier molecular flexibility index (Phi) is 6.84. The van der Waals surface area contributed by atoms with Gasteiger partial charge in [-0.25, -0.2) is 0 Å². The second-order valence-electron chi connectivity index (χ2n) is 12.1. The third kappa shape index (κ3) is 4.97. The molecule has 0 bridgehead atoms. The van der Waals surface area contributed by atoms with Crippen molar-refractivity contribution in [3.63, 3.8) is 0 Å². The number of fused-ring (bicyclic) bond motifs is 4. The largest absolute Gasteiger partial charge is 0.320 e. The van der Waals surface area contributed by atoms with Crippen LogP contribution in [0.5, 0.6) is 0 Å². The second-order valence-corrected chi connectivity index (χ2v) is 13.2. The van der Waals surface area contributed by atoms with E-state index in [0.29, 0.717) is 0 Å². The molecule has 0 saturated carbocycles. The molecule has 1 aliphatic carbocycles. The molecule has 8 aromatic rings. The molecule has 0 unspecified atom stereocenters. The number of nitrogens with zero attached hydrogens (tertiary/aromatic N) is 2. The average molecular weight is 621 g/mol. The summed E-state index contributed by atoms with van der Waals surface area (Å²) >= 11 is 1.87. The SMILES string of the molecule is C1=C(c2ccc(N(c3ccc(-c4ccccc4)cc3)c3cccc4c3sc3ccccc34)cc2)CCC(n2ccc3ccccc32)=C1. The molecule has 0 atom stereocenters. The van der Waals surface area contributed by atoms with Crippen LogP contribution in [0.4, 0.5) is 17.1 Å². The highest BCUT2D eigenvalue weighted by atomic mass is 32.1. The highest BCUT2D eigenvalue weighted by Crippen LogP contribution is 2.45.